The molecule has 0 unspecified atom stereocenters. The van der Waals surface area contributed by atoms with Gasteiger partial charge in [0, 0.05) is 18.0 Å². The maximum absolute atomic E-state index is 11.5. The van der Waals surface area contributed by atoms with Crippen molar-refractivity contribution in [2.24, 2.45) is 5.73 Å². The molecule has 0 radical (unpaired) electrons. The van der Waals surface area contributed by atoms with Crippen LogP contribution in [0.1, 0.15) is 27.3 Å². The fraction of sp³-hybridized carbons (Fsp3) is 0.125. The summed E-state index contributed by atoms with van der Waals surface area (Å²) in [6, 6.07) is 10.0. The summed E-state index contributed by atoms with van der Waals surface area (Å²) in [5, 5.41) is 0.779. The molecule has 0 aliphatic carbocycles. The highest BCUT2D eigenvalue weighted by Gasteiger charge is 2.16. The molecule has 5 N–H and O–H groups in total. The van der Waals surface area contributed by atoms with E-state index in [9.17, 15) is 4.79 Å². The fourth-order valence-electron chi connectivity index (χ4n) is 2.43. The Labute approximate surface area is 122 Å². The predicted molar refractivity (Wildman–Crippen MR) is 83.0 cm³/mol. The van der Waals surface area contributed by atoms with E-state index in [1.807, 2.05) is 37.3 Å². The molecule has 0 fully saturated rings. The third-order valence-corrected chi connectivity index (χ3v) is 3.55. The first-order valence-electron chi connectivity index (χ1n) is 6.67. The molecular formula is C16H16N4O. The molecule has 0 spiro atoms. The number of nitrogens with one attached hydrogen (secondary N) is 1. The average Bonchev–Trinajstić information content (AvgIpc) is 2.94. The standard InChI is InChI=1S/C16H16N4O/c1-9-2-4-10(5-3-9)8-12-14-11(6-7-19-14)13(17)15(20-12)16(18)21/h2-7,19H,8,17H2,1H3,(H2,18,21). The first-order valence-corrected chi connectivity index (χ1v) is 6.67. The molecule has 0 bridgehead atoms. The van der Waals surface area contributed by atoms with E-state index < -0.39 is 5.91 Å². The number of primary amides is 1. The monoisotopic (exact) mass is 280 g/mol. The van der Waals surface area contributed by atoms with Crippen LogP contribution in [0.2, 0.25) is 0 Å². The normalized spacial score (nSPS) is 10.9. The summed E-state index contributed by atoms with van der Waals surface area (Å²) in [6.45, 7) is 2.04. The van der Waals surface area contributed by atoms with Gasteiger partial charge in [0.2, 0.25) is 0 Å². The minimum Gasteiger partial charge on any atom is -0.396 e. The Kier molecular flexibility index (Phi) is 3.10. The van der Waals surface area contributed by atoms with Gasteiger partial charge in [0.05, 0.1) is 16.9 Å². The Hall–Kier alpha value is -2.82. The Morgan fingerprint density at radius 1 is 1.24 bits per heavy atom. The molecule has 0 aliphatic heterocycles. The van der Waals surface area contributed by atoms with Gasteiger partial charge in [-0.2, -0.15) is 0 Å². The van der Waals surface area contributed by atoms with Gasteiger partial charge in [-0.15, -0.1) is 0 Å². The minimum atomic E-state index is -0.610. The van der Waals surface area contributed by atoms with Crippen LogP contribution in [0.25, 0.3) is 10.9 Å². The molecule has 5 heteroatoms. The van der Waals surface area contributed by atoms with E-state index in [0.29, 0.717) is 12.1 Å². The lowest BCUT2D eigenvalue weighted by molar-refractivity contribution is 0.0996. The van der Waals surface area contributed by atoms with Crippen LogP contribution in [0.4, 0.5) is 5.69 Å². The molecule has 3 rings (SSSR count). The smallest absolute Gasteiger partial charge is 0.269 e. The van der Waals surface area contributed by atoms with Gasteiger partial charge in [-0.05, 0) is 18.6 Å². The summed E-state index contributed by atoms with van der Waals surface area (Å²) in [5.74, 6) is -0.610. The third kappa shape index (κ3) is 2.33. The summed E-state index contributed by atoms with van der Waals surface area (Å²) in [4.78, 5) is 19.0. The van der Waals surface area contributed by atoms with Crippen LogP contribution in [-0.2, 0) is 6.42 Å². The topological polar surface area (TPSA) is 97.8 Å². The lowest BCUT2D eigenvalue weighted by Gasteiger charge is -2.09. The van der Waals surface area contributed by atoms with Crippen molar-refractivity contribution in [3.05, 3.63) is 59.0 Å². The molecule has 2 heterocycles. The number of H-pyrrole nitrogens is 1. The average molecular weight is 280 g/mol. The van der Waals surface area contributed by atoms with E-state index >= 15 is 0 Å². The maximum atomic E-state index is 11.5. The molecule has 106 valence electrons. The van der Waals surface area contributed by atoms with Crippen molar-refractivity contribution in [1.29, 1.82) is 0 Å². The Morgan fingerprint density at radius 2 is 1.95 bits per heavy atom. The molecule has 1 aromatic carbocycles. The SMILES string of the molecule is Cc1ccc(Cc2nc(C(N)=O)c(N)c3cc[nH]c23)cc1. The summed E-state index contributed by atoms with van der Waals surface area (Å²) >= 11 is 0. The number of fused-ring (bicyclic) bond motifs is 1. The van der Waals surface area contributed by atoms with E-state index in [0.717, 1.165) is 22.2 Å². The van der Waals surface area contributed by atoms with Crippen molar-refractivity contribution < 1.29 is 4.79 Å². The van der Waals surface area contributed by atoms with Gasteiger partial charge in [0.15, 0.2) is 5.69 Å². The predicted octanol–water partition coefficient (Wildman–Crippen LogP) is 2.14. The lowest BCUT2D eigenvalue weighted by Crippen LogP contribution is -2.17. The molecule has 0 aliphatic rings. The van der Waals surface area contributed by atoms with Crippen molar-refractivity contribution >= 4 is 22.5 Å². The highest BCUT2D eigenvalue weighted by molar-refractivity contribution is 6.05. The zero-order valence-electron chi connectivity index (χ0n) is 11.7. The second-order valence-electron chi connectivity index (χ2n) is 5.11. The van der Waals surface area contributed by atoms with Crippen LogP contribution in [0.15, 0.2) is 36.5 Å². The summed E-state index contributed by atoms with van der Waals surface area (Å²) in [5.41, 5.74) is 15.7. The molecule has 0 atom stereocenters. The van der Waals surface area contributed by atoms with E-state index in [4.69, 9.17) is 11.5 Å². The van der Waals surface area contributed by atoms with Gasteiger partial charge in [0.25, 0.3) is 5.91 Å². The van der Waals surface area contributed by atoms with Gasteiger partial charge < -0.3 is 16.5 Å². The first kappa shape index (κ1) is 13.2. The van der Waals surface area contributed by atoms with Crippen molar-refractivity contribution in [2.75, 3.05) is 5.73 Å². The van der Waals surface area contributed by atoms with Crippen LogP contribution in [0.3, 0.4) is 0 Å². The number of nitrogen functional groups attached to an aromatic ring is 1. The highest BCUT2D eigenvalue weighted by Crippen LogP contribution is 2.26. The summed E-state index contributed by atoms with van der Waals surface area (Å²) < 4.78 is 0. The number of carbonyl (C=O) groups is 1. The van der Waals surface area contributed by atoms with Crippen molar-refractivity contribution in [2.45, 2.75) is 13.3 Å². The zero-order valence-corrected chi connectivity index (χ0v) is 11.7. The number of amides is 1. The number of aryl methyl sites for hydroxylation is 1. The van der Waals surface area contributed by atoms with Crippen molar-refractivity contribution in [3.8, 4) is 0 Å². The van der Waals surface area contributed by atoms with E-state index in [1.54, 1.807) is 6.20 Å². The van der Waals surface area contributed by atoms with Crippen LogP contribution in [0.5, 0.6) is 0 Å². The number of nitrogens with two attached hydrogens (primary N) is 2. The highest BCUT2D eigenvalue weighted by atomic mass is 16.1. The first-order chi connectivity index (χ1) is 10.1. The van der Waals surface area contributed by atoms with E-state index in [1.165, 1.54) is 5.56 Å². The van der Waals surface area contributed by atoms with E-state index in [-0.39, 0.29) is 5.69 Å². The number of pyridine rings is 1. The number of rotatable bonds is 3. The molecule has 21 heavy (non-hydrogen) atoms. The Morgan fingerprint density at radius 3 is 2.62 bits per heavy atom. The third-order valence-electron chi connectivity index (χ3n) is 3.55. The lowest BCUT2D eigenvalue weighted by atomic mass is 10.0. The second-order valence-corrected chi connectivity index (χ2v) is 5.11. The van der Waals surface area contributed by atoms with Crippen LogP contribution in [-0.4, -0.2) is 15.9 Å². The van der Waals surface area contributed by atoms with Gasteiger partial charge in [-0.1, -0.05) is 29.8 Å². The number of anilines is 1. The molecular weight excluding hydrogens is 264 g/mol. The quantitative estimate of drug-likeness (QED) is 0.685. The van der Waals surface area contributed by atoms with Crippen molar-refractivity contribution in [3.63, 3.8) is 0 Å². The Bertz CT molecular complexity index is 818. The van der Waals surface area contributed by atoms with Gasteiger partial charge in [-0.3, -0.25) is 4.79 Å². The number of hydrogen-bond donors (Lipinski definition) is 3. The molecule has 1 amide bonds. The summed E-state index contributed by atoms with van der Waals surface area (Å²) in [6.07, 6.45) is 2.39. The van der Waals surface area contributed by atoms with Crippen LogP contribution >= 0.6 is 0 Å². The number of hydrogen-bond acceptors (Lipinski definition) is 3. The number of carbonyl (C=O) groups excluding carboxylic acids is 1. The van der Waals surface area contributed by atoms with E-state index in [2.05, 4.69) is 9.97 Å². The van der Waals surface area contributed by atoms with Crippen LogP contribution < -0.4 is 11.5 Å². The fourth-order valence-corrected chi connectivity index (χ4v) is 2.43. The van der Waals surface area contributed by atoms with Gasteiger partial charge in [-0.25, -0.2) is 4.98 Å². The maximum Gasteiger partial charge on any atom is 0.269 e. The number of benzene rings is 1. The molecule has 2 aromatic heterocycles. The number of aromatic amines is 1. The van der Waals surface area contributed by atoms with Crippen LogP contribution in [0, 0.1) is 6.92 Å². The number of nitrogens with zero attached hydrogens (tertiary/aromatic N) is 1. The minimum absolute atomic E-state index is 0.129. The van der Waals surface area contributed by atoms with Gasteiger partial charge in [0.1, 0.15) is 0 Å². The zero-order chi connectivity index (χ0) is 15.0. The molecule has 3 aromatic rings. The molecule has 5 nitrogen and oxygen atoms in total. The molecule has 0 saturated heterocycles. The van der Waals surface area contributed by atoms with Crippen molar-refractivity contribution in [1.82, 2.24) is 9.97 Å². The van der Waals surface area contributed by atoms with Gasteiger partial charge >= 0.3 is 0 Å². The number of aromatic nitrogens is 2. The molecule has 0 saturated carbocycles. The summed E-state index contributed by atoms with van der Waals surface area (Å²) in [7, 11) is 0. The largest absolute Gasteiger partial charge is 0.396 e. The second kappa shape index (κ2) is 4.94. The Balaban J connectivity index is 2.13.